The summed E-state index contributed by atoms with van der Waals surface area (Å²) in [7, 11) is 0. The van der Waals surface area contributed by atoms with Crippen LogP contribution in [0.1, 0.15) is 45.4 Å². The van der Waals surface area contributed by atoms with Gasteiger partial charge in [0.25, 0.3) is 0 Å². The van der Waals surface area contributed by atoms with Crippen molar-refractivity contribution in [3.05, 3.63) is 0 Å². The highest BCUT2D eigenvalue weighted by Crippen LogP contribution is 2.39. The normalized spacial score (nSPS) is 32.8. The highest BCUT2D eigenvalue weighted by Gasteiger charge is 2.43. The van der Waals surface area contributed by atoms with Gasteiger partial charge in [-0.15, -0.1) is 0 Å². The van der Waals surface area contributed by atoms with Crippen LogP contribution in [0.3, 0.4) is 0 Å². The van der Waals surface area contributed by atoms with Crippen molar-refractivity contribution in [1.82, 2.24) is 5.32 Å². The molecule has 0 aliphatic heterocycles. The maximum absolute atomic E-state index is 11.8. The van der Waals surface area contributed by atoms with E-state index in [9.17, 15) is 10.1 Å². The summed E-state index contributed by atoms with van der Waals surface area (Å²) in [4.78, 5) is 11.8. The smallest absolute Gasteiger partial charge is 0.224 e. The molecule has 15 heavy (non-hydrogen) atoms. The molecule has 2 aliphatic carbocycles. The molecule has 0 aromatic heterocycles. The summed E-state index contributed by atoms with van der Waals surface area (Å²) >= 11 is 0. The minimum Gasteiger partial charge on any atom is -0.338 e. The van der Waals surface area contributed by atoms with Crippen LogP contribution in [0.5, 0.6) is 0 Å². The number of hydrogen-bond acceptors (Lipinski definition) is 2. The quantitative estimate of drug-likeness (QED) is 0.751. The van der Waals surface area contributed by atoms with E-state index in [4.69, 9.17) is 0 Å². The Morgan fingerprint density at radius 1 is 1.40 bits per heavy atom. The highest BCUT2D eigenvalue weighted by atomic mass is 16.2. The topological polar surface area (TPSA) is 52.9 Å². The van der Waals surface area contributed by atoms with Crippen LogP contribution in [-0.2, 0) is 4.79 Å². The standard InChI is InChI=1S/C12H18N2O/c1-9-7-10(9)11(15)14-12(8-13)5-3-2-4-6-12/h9-10H,2-7H2,1H3,(H,14,15). The van der Waals surface area contributed by atoms with Crippen molar-refractivity contribution in [1.29, 1.82) is 5.26 Å². The third-order valence-corrected chi connectivity index (χ3v) is 3.73. The summed E-state index contributed by atoms with van der Waals surface area (Å²) < 4.78 is 0. The molecule has 0 bridgehead atoms. The van der Waals surface area contributed by atoms with Gasteiger partial charge in [0.1, 0.15) is 5.54 Å². The predicted molar refractivity (Wildman–Crippen MR) is 56.8 cm³/mol. The Morgan fingerprint density at radius 3 is 2.47 bits per heavy atom. The fourth-order valence-corrected chi connectivity index (χ4v) is 2.44. The van der Waals surface area contributed by atoms with Crippen LogP contribution in [-0.4, -0.2) is 11.4 Å². The zero-order valence-corrected chi connectivity index (χ0v) is 9.25. The molecule has 3 nitrogen and oxygen atoms in total. The lowest BCUT2D eigenvalue weighted by atomic mass is 9.82. The van der Waals surface area contributed by atoms with Crippen molar-refractivity contribution >= 4 is 5.91 Å². The number of nitrogens with zero attached hydrogens (tertiary/aromatic N) is 1. The van der Waals surface area contributed by atoms with Gasteiger partial charge in [-0.1, -0.05) is 26.2 Å². The molecule has 1 amide bonds. The molecular formula is C12H18N2O. The van der Waals surface area contributed by atoms with E-state index < -0.39 is 5.54 Å². The van der Waals surface area contributed by atoms with E-state index in [1.165, 1.54) is 6.42 Å². The largest absolute Gasteiger partial charge is 0.338 e. The van der Waals surface area contributed by atoms with Gasteiger partial charge in [-0.3, -0.25) is 4.79 Å². The minimum absolute atomic E-state index is 0.103. The van der Waals surface area contributed by atoms with Gasteiger partial charge in [0, 0.05) is 5.92 Å². The molecule has 2 fully saturated rings. The summed E-state index contributed by atoms with van der Waals surface area (Å²) in [6, 6.07) is 2.31. The Morgan fingerprint density at radius 2 is 2.00 bits per heavy atom. The van der Waals surface area contributed by atoms with Crippen LogP contribution < -0.4 is 5.32 Å². The fourth-order valence-electron chi connectivity index (χ4n) is 2.44. The van der Waals surface area contributed by atoms with Gasteiger partial charge < -0.3 is 5.32 Å². The van der Waals surface area contributed by atoms with Crippen molar-refractivity contribution in [3.63, 3.8) is 0 Å². The first-order valence-electron chi connectivity index (χ1n) is 5.90. The Bertz CT molecular complexity index is 299. The van der Waals surface area contributed by atoms with Gasteiger partial charge in [-0.2, -0.15) is 5.26 Å². The summed E-state index contributed by atoms with van der Waals surface area (Å²) in [5.74, 6) is 0.799. The van der Waals surface area contributed by atoms with Crippen molar-refractivity contribution in [2.24, 2.45) is 11.8 Å². The zero-order chi connectivity index (χ0) is 10.9. The molecule has 0 saturated heterocycles. The SMILES string of the molecule is CC1CC1C(=O)NC1(C#N)CCCCC1. The lowest BCUT2D eigenvalue weighted by Crippen LogP contribution is -2.49. The van der Waals surface area contributed by atoms with Gasteiger partial charge >= 0.3 is 0 Å². The third kappa shape index (κ3) is 2.14. The zero-order valence-electron chi connectivity index (χ0n) is 9.25. The van der Waals surface area contributed by atoms with E-state index >= 15 is 0 Å². The van der Waals surface area contributed by atoms with E-state index in [-0.39, 0.29) is 11.8 Å². The third-order valence-electron chi connectivity index (χ3n) is 3.73. The maximum Gasteiger partial charge on any atom is 0.224 e. The van der Waals surface area contributed by atoms with Gasteiger partial charge in [0.05, 0.1) is 6.07 Å². The van der Waals surface area contributed by atoms with Crippen LogP contribution in [0, 0.1) is 23.2 Å². The average Bonchev–Trinajstić information content (AvgIpc) is 2.97. The second kappa shape index (κ2) is 3.84. The fraction of sp³-hybridized carbons (Fsp3) is 0.833. The van der Waals surface area contributed by atoms with Crippen LogP contribution in [0.25, 0.3) is 0 Å². The first-order valence-corrected chi connectivity index (χ1v) is 5.90. The molecule has 0 aromatic carbocycles. The minimum atomic E-state index is -0.544. The molecule has 2 unspecified atom stereocenters. The van der Waals surface area contributed by atoms with Gasteiger partial charge in [0.2, 0.25) is 5.91 Å². The van der Waals surface area contributed by atoms with Gasteiger partial charge in [0.15, 0.2) is 0 Å². The van der Waals surface area contributed by atoms with E-state index in [1.54, 1.807) is 0 Å². The molecule has 0 spiro atoms. The number of amides is 1. The number of hydrogen-bond donors (Lipinski definition) is 1. The molecule has 3 heteroatoms. The Hall–Kier alpha value is -1.04. The Labute approximate surface area is 90.8 Å². The number of rotatable bonds is 2. The Balaban J connectivity index is 1.95. The molecule has 2 aliphatic rings. The first kappa shape index (κ1) is 10.5. The van der Waals surface area contributed by atoms with Crippen LogP contribution in [0.2, 0.25) is 0 Å². The van der Waals surface area contributed by atoms with E-state index in [0.29, 0.717) is 5.92 Å². The molecule has 0 aromatic rings. The lowest BCUT2D eigenvalue weighted by molar-refractivity contribution is -0.124. The number of carbonyl (C=O) groups is 1. The number of nitrogens with one attached hydrogen (secondary N) is 1. The average molecular weight is 206 g/mol. The number of nitriles is 1. The lowest BCUT2D eigenvalue weighted by Gasteiger charge is -2.31. The van der Waals surface area contributed by atoms with E-state index in [1.807, 2.05) is 0 Å². The predicted octanol–water partition coefficient (Wildman–Crippen LogP) is 1.99. The van der Waals surface area contributed by atoms with Crippen molar-refractivity contribution < 1.29 is 4.79 Å². The molecule has 1 N–H and O–H groups in total. The monoisotopic (exact) mass is 206 g/mol. The van der Waals surface area contributed by atoms with Crippen molar-refractivity contribution in [2.45, 2.75) is 51.0 Å². The maximum atomic E-state index is 11.8. The second-order valence-electron chi connectivity index (χ2n) is 5.06. The molecule has 0 radical (unpaired) electrons. The Kier molecular flexibility index (Phi) is 2.68. The summed E-state index contributed by atoms with van der Waals surface area (Å²) in [6.07, 6.45) is 5.97. The summed E-state index contributed by atoms with van der Waals surface area (Å²) in [6.45, 7) is 2.09. The second-order valence-corrected chi connectivity index (χ2v) is 5.06. The van der Waals surface area contributed by atoms with E-state index in [0.717, 1.165) is 32.1 Å². The number of carbonyl (C=O) groups excluding carboxylic acids is 1. The molecule has 2 saturated carbocycles. The van der Waals surface area contributed by atoms with Crippen LogP contribution >= 0.6 is 0 Å². The van der Waals surface area contributed by atoms with Crippen molar-refractivity contribution in [3.8, 4) is 6.07 Å². The molecule has 2 atom stereocenters. The summed E-state index contributed by atoms with van der Waals surface area (Å²) in [5.41, 5.74) is -0.544. The summed E-state index contributed by atoms with van der Waals surface area (Å²) in [5, 5.41) is 12.2. The van der Waals surface area contributed by atoms with Gasteiger partial charge in [-0.05, 0) is 25.2 Å². The van der Waals surface area contributed by atoms with Gasteiger partial charge in [-0.25, -0.2) is 0 Å². The van der Waals surface area contributed by atoms with E-state index in [2.05, 4.69) is 18.3 Å². The van der Waals surface area contributed by atoms with Crippen molar-refractivity contribution in [2.75, 3.05) is 0 Å². The van der Waals surface area contributed by atoms with Crippen LogP contribution in [0.4, 0.5) is 0 Å². The molecule has 2 rings (SSSR count). The van der Waals surface area contributed by atoms with Crippen LogP contribution in [0.15, 0.2) is 0 Å². The highest BCUT2D eigenvalue weighted by molar-refractivity contribution is 5.82. The molecule has 82 valence electrons. The molecular weight excluding hydrogens is 188 g/mol. The molecule has 0 heterocycles. The first-order chi connectivity index (χ1) is 7.17.